The van der Waals surface area contributed by atoms with Gasteiger partial charge in [0.1, 0.15) is 17.0 Å². The van der Waals surface area contributed by atoms with Crippen LogP contribution in [0.1, 0.15) is 20.8 Å². The number of carbonyl (C=O) groups is 1. The van der Waals surface area contributed by atoms with Gasteiger partial charge in [-0.05, 0) is 51.1 Å². The van der Waals surface area contributed by atoms with Gasteiger partial charge in [-0.25, -0.2) is 13.8 Å². The van der Waals surface area contributed by atoms with Crippen molar-refractivity contribution in [2.24, 2.45) is 0 Å². The lowest BCUT2D eigenvalue weighted by Gasteiger charge is -2.21. The Labute approximate surface area is 156 Å². The van der Waals surface area contributed by atoms with Crippen molar-refractivity contribution < 1.29 is 28.2 Å². The van der Waals surface area contributed by atoms with E-state index in [0.29, 0.717) is 15.6 Å². The largest absolute Gasteiger partial charge is 0.506 e. The molecule has 10 heteroatoms. The van der Waals surface area contributed by atoms with Gasteiger partial charge < -0.3 is 14.9 Å². The van der Waals surface area contributed by atoms with Gasteiger partial charge >= 0.3 is 16.3 Å². The molecule has 1 aliphatic heterocycles. The molecule has 2 heterocycles. The highest BCUT2D eigenvalue weighted by atomic mass is 32.2. The fraction of sp³-hybridized carbons (Fsp3) is 0.235. The summed E-state index contributed by atoms with van der Waals surface area (Å²) in [6.07, 6.45) is 1.86. The monoisotopic (exact) mass is 393 g/mol. The van der Waals surface area contributed by atoms with Crippen LogP contribution in [0.2, 0.25) is 0 Å². The number of hydrogen-bond donors (Lipinski definition) is 3. The molecule has 3 N–H and O–H groups in total. The van der Waals surface area contributed by atoms with Gasteiger partial charge in [0.15, 0.2) is 0 Å². The predicted octanol–water partition coefficient (Wildman–Crippen LogP) is 2.66. The number of nitrogens with one attached hydrogen (secondary N) is 1. The quantitative estimate of drug-likeness (QED) is 0.721. The molecule has 0 amide bonds. The van der Waals surface area contributed by atoms with E-state index >= 15 is 0 Å². The van der Waals surface area contributed by atoms with Crippen molar-refractivity contribution >= 4 is 22.0 Å². The predicted molar refractivity (Wildman–Crippen MR) is 98.4 cm³/mol. The third kappa shape index (κ3) is 3.70. The maximum atomic E-state index is 12.4. The number of ether oxygens (including phenoxy) is 1. The van der Waals surface area contributed by atoms with Crippen LogP contribution in [0.4, 0.5) is 10.5 Å². The van der Waals surface area contributed by atoms with Gasteiger partial charge in [0.2, 0.25) is 5.88 Å². The SMILES string of the molecule is CC(C)(C)OC(=O)n1cccc1-c1ccc(O)c(N2C=C(O)NS2(=O)=O)c1. The lowest BCUT2D eigenvalue weighted by Crippen LogP contribution is -2.29. The summed E-state index contributed by atoms with van der Waals surface area (Å²) in [5.74, 6) is -0.887. The average Bonchev–Trinajstić information content (AvgIpc) is 3.10. The number of anilines is 1. The van der Waals surface area contributed by atoms with Gasteiger partial charge in [0.25, 0.3) is 0 Å². The van der Waals surface area contributed by atoms with Crippen LogP contribution in [0.3, 0.4) is 0 Å². The van der Waals surface area contributed by atoms with Crippen LogP contribution in [0.5, 0.6) is 5.75 Å². The summed E-state index contributed by atoms with van der Waals surface area (Å²) >= 11 is 0. The second kappa shape index (κ2) is 6.23. The van der Waals surface area contributed by atoms with Crippen LogP contribution in [0.25, 0.3) is 11.3 Å². The Bertz CT molecular complexity index is 1030. The van der Waals surface area contributed by atoms with E-state index in [1.807, 2.05) is 4.72 Å². The van der Waals surface area contributed by atoms with Crippen molar-refractivity contribution in [2.75, 3.05) is 4.31 Å². The van der Waals surface area contributed by atoms with E-state index in [9.17, 15) is 23.4 Å². The average molecular weight is 393 g/mol. The number of aliphatic hydroxyl groups is 1. The highest BCUT2D eigenvalue weighted by Gasteiger charge is 2.31. The summed E-state index contributed by atoms with van der Waals surface area (Å²) in [6.45, 7) is 5.24. The Morgan fingerprint density at radius 2 is 1.89 bits per heavy atom. The first kappa shape index (κ1) is 18.6. The van der Waals surface area contributed by atoms with E-state index in [-0.39, 0.29) is 11.4 Å². The molecule has 0 atom stereocenters. The third-order valence-electron chi connectivity index (χ3n) is 3.58. The van der Waals surface area contributed by atoms with Crippen molar-refractivity contribution in [3.05, 3.63) is 48.6 Å². The van der Waals surface area contributed by atoms with E-state index in [1.165, 1.54) is 29.0 Å². The van der Waals surface area contributed by atoms with E-state index in [0.717, 1.165) is 6.20 Å². The minimum atomic E-state index is -4.07. The Hall–Kier alpha value is -3.14. The zero-order valence-electron chi connectivity index (χ0n) is 14.9. The smallest absolute Gasteiger partial charge is 0.418 e. The minimum Gasteiger partial charge on any atom is -0.506 e. The van der Waals surface area contributed by atoms with Gasteiger partial charge in [0.05, 0.1) is 11.9 Å². The highest BCUT2D eigenvalue weighted by Crippen LogP contribution is 2.36. The molecule has 0 bridgehead atoms. The van der Waals surface area contributed by atoms with Crippen molar-refractivity contribution in [3.63, 3.8) is 0 Å². The summed E-state index contributed by atoms with van der Waals surface area (Å²) in [5, 5.41) is 19.5. The number of aliphatic hydroxyl groups excluding tert-OH is 1. The van der Waals surface area contributed by atoms with E-state index in [2.05, 4.69) is 0 Å². The van der Waals surface area contributed by atoms with Gasteiger partial charge in [-0.1, -0.05) is 0 Å². The Kier molecular flexibility index (Phi) is 4.31. The van der Waals surface area contributed by atoms with Gasteiger partial charge in [-0.2, -0.15) is 8.42 Å². The van der Waals surface area contributed by atoms with Crippen LogP contribution in [-0.4, -0.2) is 34.9 Å². The molecule has 1 aromatic heterocycles. The zero-order valence-corrected chi connectivity index (χ0v) is 15.7. The molecular weight excluding hydrogens is 374 g/mol. The molecule has 27 heavy (non-hydrogen) atoms. The molecule has 144 valence electrons. The maximum Gasteiger partial charge on any atom is 0.418 e. The Morgan fingerprint density at radius 1 is 1.19 bits per heavy atom. The number of carbonyl (C=O) groups excluding carboxylic acids is 1. The summed E-state index contributed by atoms with van der Waals surface area (Å²) in [7, 11) is -4.07. The van der Waals surface area contributed by atoms with Crippen molar-refractivity contribution in [1.29, 1.82) is 0 Å². The molecule has 0 radical (unpaired) electrons. The number of phenolic OH excluding ortho intramolecular Hbond substituents is 1. The van der Waals surface area contributed by atoms with Crippen LogP contribution >= 0.6 is 0 Å². The van der Waals surface area contributed by atoms with Crippen LogP contribution in [-0.2, 0) is 14.9 Å². The van der Waals surface area contributed by atoms with Crippen molar-refractivity contribution in [1.82, 2.24) is 9.29 Å². The summed E-state index contributed by atoms with van der Waals surface area (Å²) in [6, 6.07) is 7.53. The second-order valence-corrected chi connectivity index (χ2v) is 8.41. The number of aromatic hydroxyl groups is 1. The number of benzene rings is 1. The molecule has 0 aliphatic carbocycles. The molecule has 0 spiro atoms. The van der Waals surface area contributed by atoms with E-state index < -0.39 is 27.8 Å². The zero-order chi connectivity index (χ0) is 20.0. The molecule has 0 fully saturated rings. The van der Waals surface area contributed by atoms with Gasteiger partial charge in [-0.3, -0.25) is 4.57 Å². The molecule has 0 saturated carbocycles. The number of rotatable bonds is 2. The Balaban J connectivity index is 2.04. The van der Waals surface area contributed by atoms with Crippen molar-refractivity contribution in [3.8, 4) is 17.0 Å². The standard InChI is InChI=1S/C17H19N3O6S/c1-17(2,3)26-16(23)19-8-4-5-12(19)11-6-7-14(21)13(9-11)20-10-15(22)18-27(20,24)25/h4-10,18,21-22H,1-3H3. The maximum absolute atomic E-state index is 12.4. The number of nitrogens with zero attached hydrogens (tertiary/aromatic N) is 2. The normalized spacial score (nSPS) is 16.0. The van der Waals surface area contributed by atoms with Gasteiger partial charge in [0, 0.05) is 11.8 Å². The topological polar surface area (TPSA) is 121 Å². The number of aromatic nitrogens is 1. The molecule has 3 rings (SSSR count). The molecule has 1 aliphatic rings. The molecule has 1 aromatic carbocycles. The number of hydrogen-bond acceptors (Lipinski definition) is 6. The Morgan fingerprint density at radius 3 is 2.48 bits per heavy atom. The van der Waals surface area contributed by atoms with Crippen LogP contribution in [0.15, 0.2) is 48.6 Å². The third-order valence-corrected chi connectivity index (χ3v) is 4.87. The van der Waals surface area contributed by atoms with E-state index in [4.69, 9.17) is 4.74 Å². The molecule has 2 aromatic rings. The van der Waals surface area contributed by atoms with E-state index in [1.54, 1.807) is 32.9 Å². The first-order valence-electron chi connectivity index (χ1n) is 7.95. The summed E-state index contributed by atoms with van der Waals surface area (Å²) < 4.78 is 33.4. The van der Waals surface area contributed by atoms with Crippen molar-refractivity contribution in [2.45, 2.75) is 26.4 Å². The number of phenols is 1. The van der Waals surface area contributed by atoms with Gasteiger partial charge in [-0.15, -0.1) is 0 Å². The molecular formula is C17H19N3O6S. The lowest BCUT2D eigenvalue weighted by molar-refractivity contribution is 0.0540. The summed E-state index contributed by atoms with van der Waals surface area (Å²) in [5.41, 5.74) is 0.147. The second-order valence-electron chi connectivity index (χ2n) is 6.86. The molecule has 0 saturated heterocycles. The highest BCUT2D eigenvalue weighted by molar-refractivity contribution is 7.91. The fourth-order valence-corrected chi connectivity index (χ4v) is 3.59. The van der Waals surface area contributed by atoms with Crippen LogP contribution < -0.4 is 9.03 Å². The minimum absolute atomic E-state index is 0.0824. The first-order valence-corrected chi connectivity index (χ1v) is 9.39. The fourth-order valence-electron chi connectivity index (χ4n) is 2.53. The first-order chi connectivity index (χ1) is 12.5. The molecule has 9 nitrogen and oxygen atoms in total. The summed E-state index contributed by atoms with van der Waals surface area (Å²) in [4.78, 5) is 12.4. The molecule has 0 unspecified atom stereocenters. The van der Waals surface area contributed by atoms with Crippen LogP contribution in [0, 0.1) is 0 Å². The lowest BCUT2D eigenvalue weighted by atomic mass is 10.1.